The fourth-order valence-corrected chi connectivity index (χ4v) is 4.00. The minimum absolute atomic E-state index is 0.162. The first kappa shape index (κ1) is 20.5. The standard InChI is InChI=1S/C22H25N5O4/c1-13-19(21(28)26-15-7-5-6-8-16(15)29-2)20(27-22(25-13)23-12-24-27)14-9-10-17(30-3)18(11-14)31-4/h5-13,19-20H,1-4H3,(H,26,28)(H,23,24,25)/t13-,19-,20+/m1/s1. The lowest BCUT2D eigenvalue weighted by Gasteiger charge is -2.37. The molecule has 0 saturated heterocycles. The fraction of sp³-hybridized carbons (Fsp3) is 0.318. The number of benzene rings is 2. The lowest BCUT2D eigenvalue weighted by Crippen LogP contribution is -2.46. The molecule has 31 heavy (non-hydrogen) atoms. The summed E-state index contributed by atoms with van der Waals surface area (Å²) >= 11 is 0. The molecule has 0 radical (unpaired) electrons. The van der Waals surface area contributed by atoms with Crippen molar-refractivity contribution in [2.24, 2.45) is 5.92 Å². The molecule has 0 spiro atoms. The van der Waals surface area contributed by atoms with Crippen LogP contribution in [0.3, 0.4) is 0 Å². The van der Waals surface area contributed by atoms with Crippen molar-refractivity contribution in [1.82, 2.24) is 14.8 Å². The maximum atomic E-state index is 13.5. The first-order valence-corrected chi connectivity index (χ1v) is 9.89. The lowest BCUT2D eigenvalue weighted by molar-refractivity contribution is -0.121. The number of hydrogen-bond acceptors (Lipinski definition) is 7. The van der Waals surface area contributed by atoms with Crippen LogP contribution < -0.4 is 24.8 Å². The Morgan fingerprint density at radius 1 is 1.03 bits per heavy atom. The molecule has 0 bridgehead atoms. The summed E-state index contributed by atoms with van der Waals surface area (Å²) in [7, 11) is 4.74. The molecular weight excluding hydrogens is 398 g/mol. The van der Waals surface area contributed by atoms with E-state index in [1.54, 1.807) is 32.1 Å². The molecule has 1 aliphatic heterocycles. The predicted molar refractivity (Wildman–Crippen MR) is 116 cm³/mol. The highest BCUT2D eigenvalue weighted by Gasteiger charge is 2.41. The van der Waals surface area contributed by atoms with Gasteiger partial charge in [0.2, 0.25) is 11.9 Å². The third-order valence-electron chi connectivity index (χ3n) is 5.49. The zero-order valence-corrected chi connectivity index (χ0v) is 17.8. The minimum atomic E-state index is -0.489. The fourth-order valence-electron chi connectivity index (χ4n) is 4.00. The maximum absolute atomic E-state index is 13.5. The number of carbonyl (C=O) groups is 1. The molecule has 9 heteroatoms. The van der Waals surface area contributed by atoms with Crippen LogP contribution in [0, 0.1) is 5.92 Å². The van der Waals surface area contributed by atoms with E-state index in [0.29, 0.717) is 28.9 Å². The molecule has 2 heterocycles. The Labute approximate surface area is 180 Å². The van der Waals surface area contributed by atoms with Gasteiger partial charge in [-0.1, -0.05) is 18.2 Å². The Balaban J connectivity index is 1.75. The van der Waals surface area contributed by atoms with Crippen LogP contribution in [0.2, 0.25) is 0 Å². The summed E-state index contributed by atoms with van der Waals surface area (Å²) < 4.78 is 18.0. The number of nitrogens with zero attached hydrogens (tertiary/aromatic N) is 3. The number of fused-ring (bicyclic) bond motifs is 1. The quantitative estimate of drug-likeness (QED) is 0.629. The summed E-state index contributed by atoms with van der Waals surface area (Å²) in [5, 5.41) is 10.7. The van der Waals surface area contributed by atoms with Gasteiger partial charge in [-0.3, -0.25) is 4.79 Å². The Bertz CT molecular complexity index is 1080. The first-order valence-electron chi connectivity index (χ1n) is 9.89. The number of aromatic nitrogens is 3. The number of hydrogen-bond donors (Lipinski definition) is 2. The molecule has 3 atom stereocenters. The molecular formula is C22H25N5O4. The van der Waals surface area contributed by atoms with Crippen LogP contribution in [-0.4, -0.2) is 48.0 Å². The molecule has 0 unspecified atom stereocenters. The van der Waals surface area contributed by atoms with Crippen molar-refractivity contribution < 1.29 is 19.0 Å². The maximum Gasteiger partial charge on any atom is 0.232 e. The summed E-state index contributed by atoms with van der Waals surface area (Å²) in [5.74, 6) is 1.74. The molecule has 0 fully saturated rings. The van der Waals surface area contributed by atoms with E-state index in [2.05, 4.69) is 20.7 Å². The highest BCUT2D eigenvalue weighted by Crippen LogP contribution is 2.40. The molecule has 3 aromatic rings. The van der Waals surface area contributed by atoms with Crippen LogP contribution in [-0.2, 0) is 4.79 Å². The second-order valence-corrected chi connectivity index (χ2v) is 7.24. The highest BCUT2D eigenvalue weighted by molar-refractivity contribution is 5.95. The van der Waals surface area contributed by atoms with E-state index < -0.39 is 12.0 Å². The van der Waals surface area contributed by atoms with Crippen molar-refractivity contribution >= 4 is 17.5 Å². The topological polar surface area (TPSA) is 99.5 Å². The summed E-state index contributed by atoms with van der Waals surface area (Å²) in [6.45, 7) is 1.96. The van der Waals surface area contributed by atoms with Crippen LogP contribution in [0.5, 0.6) is 17.2 Å². The summed E-state index contributed by atoms with van der Waals surface area (Å²) in [5.41, 5.74) is 1.47. The molecule has 2 aromatic carbocycles. The summed E-state index contributed by atoms with van der Waals surface area (Å²) in [4.78, 5) is 17.8. The van der Waals surface area contributed by atoms with Crippen molar-refractivity contribution in [3.05, 3.63) is 54.4 Å². The smallest absolute Gasteiger partial charge is 0.232 e. The van der Waals surface area contributed by atoms with Crippen molar-refractivity contribution in [3.8, 4) is 17.2 Å². The van der Waals surface area contributed by atoms with Gasteiger partial charge < -0.3 is 24.8 Å². The van der Waals surface area contributed by atoms with E-state index in [9.17, 15) is 4.79 Å². The first-order chi connectivity index (χ1) is 15.1. The van der Waals surface area contributed by atoms with E-state index in [4.69, 9.17) is 14.2 Å². The Hall–Kier alpha value is -3.75. The number of ether oxygens (including phenoxy) is 3. The molecule has 4 rings (SSSR count). The van der Waals surface area contributed by atoms with Crippen LogP contribution in [0.4, 0.5) is 11.6 Å². The van der Waals surface area contributed by atoms with Gasteiger partial charge in [0, 0.05) is 6.04 Å². The number of carbonyl (C=O) groups excluding carboxylic acids is 1. The molecule has 0 saturated carbocycles. The molecule has 1 amide bonds. The third kappa shape index (κ3) is 3.74. The second kappa shape index (κ2) is 8.55. The minimum Gasteiger partial charge on any atom is -0.495 e. The molecule has 0 aliphatic carbocycles. The number of amides is 1. The Morgan fingerprint density at radius 2 is 1.77 bits per heavy atom. The zero-order chi connectivity index (χ0) is 22.0. The average Bonchev–Trinajstić information content (AvgIpc) is 3.25. The van der Waals surface area contributed by atoms with Crippen molar-refractivity contribution in [2.45, 2.75) is 19.0 Å². The third-order valence-corrected chi connectivity index (χ3v) is 5.49. The molecule has 9 nitrogen and oxygen atoms in total. The number of nitrogens with one attached hydrogen (secondary N) is 2. The van der Waals surface area contributed by atoms with E-state index >= 15 is 0 Å². The molecule has 162 valence electrons. The average molecular weight is 423 g/mol. The largest absolute Gasteiger partial charge is 0.495 e. The Kier molecular flexibility index (Phi) is 5.66. The van der Waals surface area contributed by atoms with Crippen LogP contribution in [0.1, 0.15) is 18.5 Å². The molecule has 2 N–H and O–H groups in total. The van der Waals surface area contributed by atoms with Gasteiger partial charge in [-0.05, 0) is 36.8 Å². The van der Waals surface area contributed by atoms with Gasteiger partial charge in [0.25, 0.3) is 0 Å². The number of methoxy groups -OCH3 is 3. The van der Waals surface area contributed by atoms with Crippen molar-refractivity contribution in [3.63, 3.8) is 0 Å². The zero-order valence-electron chi connectivity index (χ0n) is 17.8. The van der Waals surface area contributed by atoms with Gasteiger partial charge in [0.15, 0.2) is 11.5 Å². The van der Waals surface area contributed by atoms with Crippen LogP contribution >= 0.6 is 0 Å². The second-order valence-electron chi connectivity index (χ2n) is 7.24. The summed E-state index contributed by atoms with van der Waals surface area (Å²) in [6, 6.07) is 12.3. The van der Waals surface area contributed by atoms with Gasteiger partial charge in [0.05, 0.1) is 39.0 Å². The molecule has 1 aromatic heterocycles. The van der Waals surface area contributed by atoms with Crippen LogP contribution in [0.15, 0.2) is 48.8 Å². The number of para-hydroxylation sites is 2. The van der Waals surface area contributed by atoms with Gasteiger partial charge >= 0.3 is 0 Å². The van der Waals surface area contributed by atoms with E-state index in [-0.39, 0.29) is 11.9 Å². The van der Waals surface area contributed by atoms with Gasteiger partial charge in [-0.15, -0.1) is 0 Å². The monoisotopic (exact) mass is 423 g/mol. The molecule has 1 aliphatic rings. The normalized spacial score (nSPS) is 19.7. The SMILES string of the molecule is COc1ccccc1NC(=O)[C@@H]1[C@@H](C)Nc2ncnn2[C@H]1c1ccc(OC)c(OC)c1. The lowest BCUT2D eigenvalue weighted by atomic mass is 9.85. The highest BCUT2D eigenvalue weighted by atomic mass is 16.5. The van der Waals surface area contributed by atoms with E-state index in [0.717, 1.165) is 5.56 Å². The van der Waals surface area contributed by atoms with Gasteiger partial charge in [0.1, 0.15) is 12.1 Å². The van der Waals surface area contributed by atoms with Crippen molar-refractivity contribution in [1.29, 1.82) is 0 Å². The Morgan fingerprint density at radius 3 is 2.52 bits per heavy atom. The predicted octanol–water partition coefficient (Wildman–Crippen LogP) is 2.96. The van der Waals surface area contributed by atoms with Gasteiger partial charge in [-0.2, -0.15) is 10.1 Å². The number of anilines is 2. The number of rotatable bonds is 6. The van der Waals surface area contributed by atoms with E-state index in [1.165, 1.54) is 6.33 Å². The summed E-state index contributed by atoms with van der Waals surface area (Å²) in [6.07, 6.45) is 1.48. The van der Waals surface area contributed by atoms with E-state index in [1.807, 2.05) is 43.3 Å². The van der Waals surface area contributed by atoms with Crippen molar-refractivity contribution in [2.75, 3.05) is 32.0 Å². The van der Waals surface area contributed by atoms with Gasteiger partial charge in [-0.25, -0.2) is 4.68 Å². The van der Waals surface area contributed by atoms with Crippen LogP contribution in [0.25, 0.3) is 0 Å².